The lowest BCUT2D eigenvalue weighted by molar-refractivity contribution is -0.384. The van der Waals surface area contributed by atoms with Gasteiger partial charge in [-0.05, 0) is 84.7 Å². The number of pyridine rings is 1. The van der Waals surface area contributed by atoms with E-state index in [0.29, 0.717) is 28.5 Å². The maximum atomic E-state index is 13.9. The van der Waals surface area contributed by atoms with Crippen LogP contribution >= 0.6 is 23.4 Å². The molecule has 1 fully saturated rings. The summed E-state index contributed by atoms with van der Waals surface area (Å²) in [5.41, 5.74) is 5.62. The zero-order valence-electron chi connectivity index (χ0n) is 32.8. The summed E-state index contributed by atoms with van der Waals surface area (Å²) in [6, 6.07) is 19.1. The standard InChI is InChI=1S/C43H45ClN7O6S2/c1-4-31-26-58-39-22-34(21-37(51(53)54)40(39)47-31)59(55,56)48-42(52)35-10-9-32(20-38(35)57-33-19-28-12-14-45-41(28)46-24-33)50-17-15-49(16-18-50)25-29-11-13-43(2,3)23-36(29)27-5-7-30(44)8-6-27/h5-10,12,14,19-22,24,31,47H,1,4,11,13,15-18,23,25-26H2,2-3H3,(H,45,46)(H,48,52)/t31-/m0/s1. The van der Waals surface area contributed by atoms with Gasteiger partial charge in [0, 0.05) is 83.8 Å². The molecule has 0 saturated carbocycles. The highest BCUT2D eigenvalue weighted by atomic mass is 35.5. The number of H-pyrrole nitrogens is 1. The normalized spacial score (nSPS) is 18.3. The van der Waals surface area contributed by atoms with E-state index < -0.39 is 31.4 Å². The van der Waals surface area contributed by atoms with Crippen molar-refractivity contribution in [3.05, 3.63) is 118 Å². The Balaban J connectivity index is 1.04. The van der Waals surface area contributed by atoms with Crippen molar-refractivity contribution >= 4 is 73.0 Å². The molecule has 0 spiro atoms. The number of rotatable bonds is 11. The largest absolute Gasteiger partial charge is 0.455 e. The van der Waals surface area contributed by atoms with Crippen LogP contribution in [0.4, 0.5) is 17.1 Å². The Labute approximate surface area is 352 Å². The van der Waals surface area contributed by atoms with Gasteiger partial charge >= 0.3 is 0 Å². The van der Waals surface area contributed by atoms with Crippen LogP contribution in [-0.2, 0) is 10.0 Å². The number of fused-ring (bicyclic) bond motifs is 2. The highest BCUT2D eigenvalue weighted by molar-refractivity contribution is 7.99. The van der Waals surface area contributed by atoms with Gasteiger partial charge in [-0.1, -0.05) is 50.1 Å². The molecule has 1 amide bonds. The molecule has 3 aromatic carbocycles. The molecular weight excluding hydrogens is 810 g/mol. The second-order valence-corrected chi connectivity index (χ2v) is 19.2. The molecule has 3 N–H and O–H groups in total. The minimum Gasteiger partial charge on any atom is -0.455 e. The Morgan fingerprint density at radius 1 is 1.10 bits per heavy atom. The number of nitro benzene ring substituents is 1. The zero-order valence-corrected chi connectivity index (χ0v) is 35.2. The van der Waals surface area contributed by atoms with Gasteiger partial charge in [-0.15, -0.1) is 11.8 Å². The number of carbonyl (C=O) groups excluding carboxylic acids is 1. The van der Waals surface area contributed by atoms with Gasteiger partial charge in [-0.2, -0.15) is 0 Å². The van der Waals surface area contributed by atoms with E-state index in [1.165, 1.54) is 40.7 Å². The Bertz CT molecular complexity index is 2570. The predicted octanol–water partition coefficient (Wildman–Crippen LogP) is 8.93. The maximum absolute atomic E-state index is 13.9. The summed E-state index contributed by atoms with van der Waals surface area (Å²) in [6.07, 6.45) is 6.98. The van der Waals surface area contributed by atoms with Crippen molar-refractivity contribution in [3.63, 3.8) is 0 Å². The number of nitro groups is 1. The molecular formula is C43H45ClN7O6S2. The number of anilines is 2. The number of sulfonamides is 1. The van der Waals surface area contributed by atoms with Crippen molar-refractivity contribution < 1.29 is 22.9 Å². The number of aromatic amines is 1. The fourth-order valence-corrected chi connectivity index (χ4v) is 10.3. The van der Waals surface area contributed by atoms with Crippen LogP contribution in [0.5, 0.6) is 11.5 Å². The summed E-state index contributed by atoms with van der Waals surface area (Å²) in [4.78, 5) is 37.5. The van der Waals surface area contributed by atoms with Crippen LogP contribution in [0.25, 0.3) is 16.6 Å². The number of allylic oxidation sites excluding steroid dienone is 1. The first kappa shape index (κ1) is 40.7. The van der Waals surface area contributed by atoms with Gasteiger partial charge in [-0.25, -0.2) is 18.1 Å². The van der Waals surface area contributed by atoms with Crippen molar-refractivity contribution in [1.82, 2.24) is 19.6 Å². The lowest BCUT2D eigenvalue weighted by Gasteiger charge is -2.39. The Hall–Kier alpha value is -5.09. The summed E-state index contributed by atoms with van der Waals surface area (Å²) in [5, 5.41) is 16.7. The molecule has 1 radical (unpaired) electrons. The van der Waals surface area contributed by atoms with Crippen molar-refractivity contribution in [2.45, 2.75) is 55.4 Å². The number of thioether (sulfide) groups is 1. The zero-order chi connectivity index (χ0) is 41.5. The number of hydrogen-bond acceptors (Lipinski definition) is 11. The highest BCUT2D eigenvalue weighted by Gasteiger charge is 2.32. The molecule has 4 heterocycles. The molecule has 16 heteroatoms. The average molecular weight is 855 g/mol. The molecule has 0 bridgehead atoms. The number of piperazine rings is 1. The smallest absolute Gasteiger partial charge is 0.294 e. The summed E-state index contributed by atoms with van der Waals surface area (Å²) < 4.78 is 35.9. The molecule has 0 unspecified atom stereocenters. The van der Waals surface area contributed by atoms with E-state index in [4.69, 9.17) is 16.3 Å². The molecule has 1 atom stereocenters. The summed E-state index contributed by atoms with van der Waals surface area (Å²) in [5.74, 6) is 0.0893. The lowest BCUT2D eigenvalue weighted by Crippen LogP contribution is -2.47. The molecule has 1 aliphatic carbocycles. The molecule has 2 aliphatic heterocycles. The number of benzene rings is 3. The second-order valence-electron chi connectivity index (χ2n) is 16.0. The minimum atomic E-state index is -4.56. The summed E-state index contributed by atoms with van der Waals surface area (Å²) in [6.45, 7) is 12.5. The molecule has 307 valence electrons. The van der Waals surface area contributed by atoms with Gasteiger partial charge in [0.15, 0.2) is 0 Å². The molecule has 3 aliphatic rings. The fourth-order valence-electron chi connectivity index (χ4n) is 7.94. The Kier molecular flexibility index (Phi) is 11.4. The third kappa shape index (κ3) is 8.93. The van der Waals surface area contributed by atoms with Crippen molar-refractivity contribution in [3.8, 4) is 11.5 Å². The number of halogens is 1. The van der Waals surface area contributed by atoms with Crippen LogP contribution in [0, 0.1) is 22.5 Å². The molecule has 8 rings (SSSR count). The Morgan fingerprint density at radius 3 is 2.63 bits per heavy atom. The summed E-state index contributed by atoms with van der Waals surface area (Å²) in [7, 11) is -4.56. The van der Waals surface area contributed by atoms with Gasteiger partial charge in [0.1, 0.15) is 22.8 Å². The van der Waals surface area contributed by atoms with Crippen LogP contribution in [0.2, 0.25) is 5.02 Å². The van der Waals surface area contributed by atoms with Gasteiger partial charge in [-0.3, -0.25) is 19.8 Å². The van der Waals surface area contributed by atoms with E-state index in [1.54, 1.807) is 30.5 Å². The third-order valence-electron chi connectivity index (χ3n) is 11.3. The number of hydrogen-bond donors (Lipinski definition) is 3. The predicted molar refractivity (Wildman–Crippen MR) is 233 cm³/mol. The number of aromatic nitrogens is 2. The molecule has 59 heavy (non-hydrogen) atoms. The minimum absolute atomic E-state index is 0.0335. The van der Waals surface area contributed by atoms with Crippen LogP contribution in [0.1, 0.15) is 55.5 Å². The second kappa shape index (κ2) is 16.5. The topological polar surface area (TPSA) is 163 Å². The van der Waals surface area contributed by atoms with Crippen LogP contribution in [0.3, 0.4) is 0 Å². The first-order valence-electron chi connectivity index (χ1n) is 19.5. The first-order valence-corrected chi connectivity index (χ1v) is 22.4. The van der Waals surface area contributed by atoms with E-state index in [-0.39, 0.29) is 28.5 Å². The Morgan fingerprint density at radius 2 is 1.88 bits per heavy atom. The maximum Gasteiger partial charge on any atom is 0.294 e. The van der Waals surface area contributed by atoms with E-state index in [1.807, 2.05) is 18.2 Å². The van der Waals surface area contributed by atoms with E-state index in [9.17, 15) is 23.3 Å². The third-order valence-corrected chi connectivity index (χ3v) is 14.0. The van der Waals surface area contributed by atoms with Gasteiger partial charge in [0.25, 0.3) is 21.6 Å². The van der Waals surface area contributed by atoms with E-state index in [0.717, 1.165) is 74.1 Å². The van der Waals surface area contributed by atoms with Gasteiger partial charge in [0.05, 0.1) is 21.6 Å². The number of nitrogens with zero attached hydrogens (tertiary/aromatic N) is 4. The van der Waals surface area contributed by atoms with Crippen molar-refractivity contribution in [2.24, 2.45) is 5.41 Å². The van der Waals surface area contributed by atoms with Gasteiger partial charge in [0.2, 0.25) is 0 Å². The monoisotopic (exact) mass is 854 g/mol. The van der Waals surface area contributed by atoms with Crippen LogP contribution in [0.15, 0.2) is 94.5 Å². The number of ether oxygens (including phenoxy) is 1. The number of nitrogens with one attached hydrogen (secondary N) is 3. The fraction of sp³-hybridized carbons (Fsp3) is 0.326. The van der Waals surface area contributed by atoms with Crippen molar-refractivity contribution in [2.75, 3.05) is 48.7 Å². The first-order chi connectivity index (χ1) is 28.2. The highest BCUT2D eigenvalue weighted by Crippen LogP contribution is 2.44. The van der Waals surface area contributed by atoms with Crippen LogP contribution in [-0.4, -0.2) is 78.6 Å². The van der Waals surface area contributed by atoms with E-state index >= 15 is 0 Å². The molecule has 13 nitrogen and oxygen atoms in total. The number of carbonyl (C=O) groups is 1. The molecule has 2 aromatic heterocycles. The van der Waals surface area contributed by atoms with Crippen molar-refractivity contribution in [1.29, 1.82) is 0 Å². The number of amides is 1. The van der Waals surface area contributed by atoms with Crippen LogP contribution < -0.4 is 19.7 Å². The lowest BCUT2D eigenvalue weighted by atomic mass is 9.72. The SMILES string of the molecule is [CH2]C[C@H]1CSc2cc(S(=O)(=O)NC(=O)c3ccc(N4CCN(CC5=C(c6ccc(Cl)cc6)CC(C)(C)CC5)CC4)cc3Oc3cnc4[nH]ccc4c3)cc([N+](=O)[O-])c2N1. The molecule has 1 saturated heterocycles. The van der Waals surface area contributed by atoms with E-state index in [2.05, 4.69) is 62.7 Å². The quantitative estimate of drug-likeness (QED) is 0.0859. The van der Waals surface area contributed by atoms with Gasteiger partial charge < -0.3 is 19.9 Å². The average Bonchev–Trinajstić information content (AvgIpc) is 3.69. The summed E-state index contributed by atoms with van der Waals surface area (Å²) >= 11 is 7.54. The molecule has 5 aromatic rings.